The highest BCUT2D eigenvalue weighted by Crippen LogP contribution is 2.28. The molecule has 0 unspecified atom stereocenters. The monoisotopic (exact) mass is 384 g/mol. The third-order valence-corrected chi connectivity index (χ3v) is 3.96. The van der Waals surface area contributed by atoms with Crippen LogP contribution in [0.3, 0.4) is 0 Å². The summed E-state index contributed by atoms with van der Waals surface area (Å²) in [4.78, 5) is 12.0. The number of esters is 1. The van der Waals surface area contributed by atoms with E-state index in [-0.39, 0.29) is 0 Å². The summed E-state index contributed by atoms with van der Waals surface area (Å²) in [6.45, 7) is 5.32. The topological polar surface area (TPSA) is 54.0 Å². The van der Waals surface area contributed by atoms with Crippen molar-refractivity contribution in [2.24, 2.45) is 0 Å². The van der Waals surface area contributed by atoms with Crippen LogP contribution in [0.15, 0.2) is 48.5 Å². The highest BCUT2D eigenvalue weighted by Gasteiger charge is 2.05. The molecule has 0 aliphatic carbocycles. The van der Waals surface area contributed by atoms with Crippen molar-refractivity contribution >= 4 is 12.0 Å². The van der Waals surface area contributed by atoms with Crippen LogP contribution >= 0.6 is 0 Å². The Morgan fingerprint density at radius 1 is 0.929 bits per heavy atom. The van der Waals surface area contributed by atoms with Gasteiger partial charge in [0.05, 0.1) is 20.3 Å². The van der Waals surface area contributed by atoms with Crippen LogP contribution in [0.2, 0.25) is 0 Å². The molecule has 0 saturated heterocycles. The predicted octanol–water partition coefficient (Wildman–Crippen LogP) is 5.28. The number of hydrogen-bond acceptors (Lipinski definition) is 5. The molecule has 0 bridgehead atoms. The van der Waals surface area contributed by atoms with Gasteiger partial charge in [0.1, 0.15) is 11.5 Å². The number of hydrogen-bond donors (Lipinski definition) is 0. The van der Waals surface area contributed by atoms with E-state index in [0.29, 0.717) is 30.5 Å². The fraction of sp³-hybridized carbons (Fsp3) is 0.348. The minimum absolute atomic E-state index is 0.454. The van der Waals surface area contributed by atoms with E-state index in [1.54, 1.807) is 43.5 Å². The number of methoxy groups -OCH3 is 1. The van der Waals surface area contributed by atoms with Gasteiger partial charge in [0.15, 0.2) is 11.5 Å². The summed E-state index contributed by atoms with van der Waals surface area (Å²) in [5.74, 6) is 2.07. The molecule has 28 heavy (non-hydrogen) atoms. The number of benzene rings is 2. The molecule has 2 aromatic rings. The van der Waals surface area contributed by atoms with Crippen LogP contribution in [0.5, 0.6) is 23.0 Å². The maximum Gasteiger partial charge on any atom is 0.336 e. The molecule has 0 radical (unpaired) electrons. The average Bonchev–Trinajstić information content (AvgIpc) is 2.72. The van der Waals surface area contributed by atoms with Gasteiger partial charge in [0.25, 0.3) is 0 Å². The molecule has 0 aliphatic rings. The van der Waals surface area contributed by atoms with Gasteiger partial charge in [-0.3, -0.25) is 0 Å². The predicted molar refractivity (Wildman–Crippen MR) is 110 cm³/mol. The van der Waals surface area contributed by atoms with Crippen molar-refractivity contribution < 1.29 is 23.7 Å². The lowest BCUT2D eigenvalue weighted by molar-refractivity contribution is -0.128. The first-order valence-corrected chi connectivity index (χ1v) is 9.59. The Hall–Kier alpha value is -2.95. The van der Waals surface area contributed by atoms with E-state index in [0.717, 1.165) is 30.6 Å². The minimum atomic E-state index is -0.454. The Kier molecular flexibility index (Phi) is 8.92. The van der Waals surface area contributed by atoms with Crippen LogP contribution in [0, 0.1) is 0 Å². The molecule has 150 valence electrons. The molecule has 0 saturated carbocycles. The zero-order valence-electron chi connectivity index (χ0n) is 16.8. The SMILES string of the molecule is CCCCCOc1ccc(OC(=O)/C=C/c2ccc(OCC)c(OC)c2)cc1. The molecule has 0 aromatic heterocycles. The normalized spacial score (nSPS) is 10.7. The summed E-state index contributed by atoms with van der Waals surface area (Å²) >= 11 is 0. The molecule has 5 nitrogen and oxygen atoms in total. The summed E-state index contributed by atoms with van der Waals surface area (Å²) in [5, 5.41) is 0. The van der Waals surface area contributed by atoms with Crippen LogP contribution in [0.1, 0.15) is 38.7 Å². The number of carbonyl (C=O) groups is 1. The highest BCUT2D eigenvalue weighted by molar-refractivity contribution is 5.88. The van der Waals surface area contributed by atoms with Gasteiger partial charge in [-0.15, -0.1) is 0 Å². The van der Waals surface area contributed by atoms with E-state index in [1.807, 2.05) is 19.1 Å². The van der Waals surface area contributed by atoms with E-state index in [9.17, 15) is 4.79 Å². The molecule has 0 heterocycles. The summed E-state index contributed by atoms with van der Waals surface area (Å²) < 4.78 is 21.8. The lowest BCUT2D eigenvalue weighted by atomic mass is 10.2. The lowest BCUT2D eigenvalue weighted by Gasteiger charge is -2.09. The average molecular weight is 384 g/mol. The second-order valence-corrected chi connectivity index (χ2v) is 6.12. The van der Waals surface area contributed by atoms with Crippen LogP contribution in [0.25, 0.3) is 6.08 Å². The quantitative estimate of drug-likeness (QED) is 0.228. The summed E-state index contributed by atoms with van der Waals surface area (Å²) in [5.41, 5.74) is 0.813. The maximum absolute atomic E-state index is 12.0. The number of unbranched alkanes of at least 4 members (excludes halogenated alkanes) is 2. The van der Waals surface area contributed by atoms with Gasteiger partial charge in [0.2, 0.25) is 0 Å². The van der Waals surface area contributed by atoms with Gasteiger partial charge in [-0.2, -0.15) is 0 Å². The Labute approximate surface area is 166 Å². The minimum Gasteiger partial charge on any atom is -0.494 e. The standard InChI is InChI=1S/C23H28O5/c1-4-6-7-16-27-19-10-12-20(13-11-19)28-23(24)15-9-18-8-14-21(26-5-2)22(17-18)25-3/h8-15,17H,4-7,16H2,1-3H3/b15-9+. The summed E-state index contributed by atoms with van der Waals surface area (Å²) in [6, 6.07) is 12.5. The van der Waals surface area contributed by atoms with Crippen LogP contribution in [-0.2, 0) is 4.79 Å². The number of rotatable bonds is 11. The van der Waals surface area contributed by atoms with Gasteiger partial charge >= 0.3 is 5.97 Å². The van der Waals surface area contributed by atoms with E-state index in [2.05, 4.69) is 6.92 Å². The Bertz CT molecular complexity index is 765. The number of carbonyl (C=O) groups excluding carboxylic acids is 1. The smallest absolute Gasteiger partial charge is 0.336 e. The molecule has 0 atom stereocenters. The lowest BCUT2D eigenvalue weighted by Crippen LogP contribution is -2.03. The van der Waals surface area contributed by atoms with Crippen molar-refractivity contribution in [3.8, 4) is 23.0 Å². The van der Waals surface area contributed by atoms with E-state index >= 15 is 0 Å². The molecular formula is C23H28O5. The van der Waals surface area contributed by atoms with E-state index < -0.39 is 5.97 Å². The molecule has 2 aromatic carbocycles. The third-order valence-electron chi connectivity index (χ3n) is 3.96. The molecule has 2 rings (SSSR count). The Morgan fingerprint density at radius 3 is 2.36 bits per heavy atom. The first kappa shape index (κ1) is 21.4. The van der Waals surface area contributed by atoms with E-state index in [4.69, 9.17) is 18.9 Å². The fourth-order valence-corrected chi connectivity index (χ4v) is 2.52. The maximum atomic E-state index is 12.0. The van der Waals surface area contributed by atoms with E-state index in [1.165, 1.54) is 6.08 Å². The van der Waals surface area contributed by atoms with Gasteiger partial charge in [-0.25, -0.2) is 4.79 Å². The molecule has 0 aliphatic heterocycles. The Balaban J connectivity index is 1.89. The molecule has 0 spiro atoms. The largest absolute Gasteiger partial charge is 0.494 e. The van der Waals surface area contributed by atoms with Gasteiger partial charge in [-0.05, 0) is 61.4 Å². The molecule has 0 amide bonds. The zero-order valence-corrected chi connectivity index (χ0v) is 16.8. The van der Waals surface area contributed by atoms with Crippen LogP contribution in [-0.4, -0.2) is 26.3 Å². The van der Waals surface area contributed by atoms with Crippen molar-refractivity contribution in [3.63, 3.8) is 0 Å². The van der Waals surface area contributed by atoms with Crippen molar-refractivity contribution in [2.45, 2.75) is 33.1 Å². The Morgan fingerprint density at radius 2 is 1.68 bits per heavy atom. The first-order chi connectivity index (χ1) is 13.7. The van der Waals surface area contributed by atoms with Gasteiger partial charge in [0, 0.05) is 6.08 Å². The van der Waals surface area contributed by atoms with Crippen LogP contribution in [0.4, 0.5) is 0 Å². The zero-order chi connectivity index (χ0) is 20.2. The summed E-state index contributed by atoms with van der Waals surface area (Å²) in [6.07, 6.45) is 6.40. The second kappa shape index (κ2) is 11.7. The third kappa shape index (κ3) is 6.99. The van der Waals surface area contributed by atoms with Crippen molar-refractivity contribution in [3.05, 3.63) is 54.1 Å². The second-order valence-electron chi connectivity index (χ2n) is 6.12. The van der Waals surface area contributed by atoms with Crippen LogP contribution < -0.4 is 18.9 Å². The molecule has 0 N–H and O–H groups in total. The van der Waals surface area contributed by atoms with Gasteiger partial charge in [-0.1, -0.05) is 25.8 Å². The number of ether oxygens (including phenoxy) is 4. The van der Waals surface area contributed by atoms with Crippen molar-refractivity contribution in [1.29, 1.82) is 0 Å². The van der Waals surface area contributed by atoms with Crippen molar-refractivity contribution in [2.75, 3.05) is 20.3 Å². The molecule has 5 heteroatoms. The summed E-state index contributed by atoms with van der Waals surface area (Å²) in [7, 11) is 1.58. The molecule has 0 fully saturated rings. The highest BCUT2D eigenvalue weighted by atomic mass is 16.5. The van der Waals surface area contributed by atoms with Gasteiger partial charge < -0.3 is 18.9 Å². The fourth-order valence-electron chi connectivity index (χ4n) is 2.52. The van der Waals surface area contributed by atoms with Crippen molar-refractivity contribution in [1.82, 2.24) is 0 Å². The molecular weight excluding hydrogens is 356 g/mol. The first-order valence-electron chi connectivity index (χ1n) is 9.59.